The molecule has 0 spiro atoms. The van der Waals surface area contributed by atoms with Crippen LogP contribution in [-0.2, 0) is 11.3 Å². The molecule has 1 aliphatic rings. The third-order valence-corrected chi connectivity index (χ3v) is 5.41. The molecule has 2 amide bonds. The van der Waals surface area contributed by atoms with Gasteiger partial charge in [-0.05, 0) is 30.2 Å². The van der Waals surface area contributed by atoms with E-state index in [1.54, 1.807) is 19.1 Å². The molecule has 0 aliphatic carbocycles. The predicted molar refractivity (Wildman–Crippen MR) is 110 cm³/mol. The zero-order chi connectivity index (χ0) is 23.4. The SMILES string of the molecule is CCC1(C#N)CC(F)(F)CN1C(=O)CNC(=O)c1ccncc1NCc1ccc(F)cc1. The molecule has 0 bridgehead atoms. The van der Waals surface area contributed by atoms with Crippen LogP contribution in [0.4, 0.5) is 18.9 Å². The Bertz CT molecular complexity index is 1040. The number of halogens is 3. The van der Waals surface area contributed by atoms with Gasteiger partial charge in [-0.1, -0.05) is 19.1 Å². The summed E-state index contributed by atoms with van der Waals surface area (Å²) in [6, 6.07) is 9.12. The maximum atomic E-state index is 13.9. The van der Waals surface area contributed by atoms with Crippen LogP contribution in [0.5, 0.6) is 0 Å². The number of nitriles is 1. The number of carbonyl (C=O) groups excluding carboxylic acids is 2. The van der Waals surface area contributed by atoms with Crippen LogP contribution in [0.3, 0.4) is 0 Å². The van der Waals surface area contributed by atoms with E-state index in [9.17, 15) is 28.0 Å². The summed E-state index contributed by atoms with van der Waals surface area (Å²) in [5.41, 5.74) is -0.235. The molecule has 1 unspecified atom stereocenters. The van der Waals surface area contributed by atoms with Gasteiger partial charge in [-0.15, -0.1) is 0 Å². The molecule has 168 valence electrons. The van der Waals surface area contributed by atoms with E-state index >= 15 is 0 Å². The maximum absolute atomic E-state index is 13.9. The van der Waals surface area contributed by atoms with Crippen molar-refractivity contribution in [3.05, 3.63) is 59.7 Å². The molecule has 7 nitrogen and oxygen atoms in total. The summed E-state index contributed by atoms with van der Waals surface area (Å²) in [6.07, 6.45) is 2.16. The van der Waals surface area contributed by atoms with Crippen molar-refractivity contribution in [1.29, 1.82) is 5.26 Å². The number of hydrogen-bond acceptors (Lipinski definition) is 5. The Morgan fingerprint density at radius 1 is 1.25 bits per heavy atom. The van der Waals surface area contributed by atoms with E-state index in [0.29, 0.717) is 12.2 Å². The molecular formula is C22H22F3N5O2. The van der Waals surface area contributed by atoms with Crippen molar-refractivity contribution in [2.24, 2.45) is 0 Å². The Morgan fingerprint density at radius 2 is 1.97 bits per heavy atom. The highest BCUT2D eigenvalue weighted by molar-refractivity contribution is 6.01. The zero-order valence-corrected chi connectivity index (χ0v) is 17.4. The second-order valence-corrected chi connectivity index (χ2v) is 7.59. The molecular weight excluding hydrogens is 423 g/mol. The molecule has 0 radical (unpaired) electrons. The highest BCUT2D eigenvalue weighted by Crippen LogP contribution is 2.41. The third kappa shape index (κ3) is 4.99. The van der Waals surface area contributed by atoms with E-state index in [4.69, 9.17) is 0 Å². The number of carbonyl (C=O) groups is 2. The van der Waals surface area contributed by atoms with Crippen LogP contribution in [0.1, 0.15) is 35.7 Å². The fourth-order valence-corrected chi connectivity index (χ4v) is 3.66. The number of hydrogen-bond donors (Lipinski definition) is 2. The molecule has 1 saturated heterocycles. The van der Waals surface area contributed by atoms with Gasteiger partial charge >= 0.3 is 0 Å². The average molecular weight is 445 g/mol. The quantitative estimate of drug-likeness (QED) is 0.683. The Hall–Kier alpha value is -3.61. The summed E-state index contributed by atoms with van der Waals surface area (Å²) in [5.74, 6) is -4.88. The lowest BCUT2D eigenvalue weighted by atomic mass is 9.94. The number of nitrogens with one attached hydrogen (secondary N) is 2. The van der Waals surface area contributed by atoms with E-state index in [-0.39, 0.29) is 17.8 Å². The normalized spacial score (nSPS) is 19.3. The maximum Gasteiger partial charge on any atom is 0.268 e. The minimum Gasteiger partial charge on any atom is -0.379 e. The number of amides is 2. The summed E-state index contributed by atoms with van der Waals surface area (Å²) < 4.78 is 40.9. The molecule has 3 rings (SSSR count). The molecule has 32 heavy (non-hydrogen) atoms. The Kier molecular flexibility index (Phi) is 6.67. The minimum absolute atomic E-state index is 0.0561. The van der Waals surface area contributed by atoms with Gasteiger partial charge in [0.2, 0.25) is 5.91 Å². The largest absolute Gasteiger partial charge is 0.379 e. The first-order valence-electron chi connectivity index (χ1n) is 10.00. The zero-order valence-electron chi connectivity index (χ0n) is 17.4. The predicted octanol–water partition coefficient (Wildman–Crippen LogP) is 3.10. The van der Waals surface area contributed by atoms with Crippen molar-refractivity contribution >= 4 is 17.5 Å². The lowest BCUT2D eigenvalue weighted by Gasteiger charge is -2.30. The van der Waals surface area contributed by atoms with Gasteiger partial charge in [-0.2, -0.15) is 5.26 Å². The van der Waals surface area contributed by atoms with Gasteiger partial charge in [0.15, 0.2) is 0 Å². The molecule has 1 aromatic heterocycles. The summed E-state index contributed by atoms with van der Waals surface area (Å²) in [4.78, 5) is 30.1. The number of anilines is 1. The van der Waals surface area contributed by atoms with Crippen LogP contribution in [0.2, 0.25) is 0 Å². The van der Waals surface area contributed by atoms with Gasteiger partial charge in [-0.3, -0.25) is 14.6 Å². The number of likely N-dealkylation sites (tertiary alicyclic amines) is 1. The monoisotopic (exact) mass is 445 g/mol. The van der Waals surface area contributed by atoms with Gasteiger partial charge in [0.05, 0.1) is 36.6 Å². The highest BCUT2D eigenvalue weighted by atomic mass is 19.3. The summed E-state index contributed by atoms with van der Waals surface area (Å²) in [5, 5.41) is 14.9. The first-order valence-corrected chi connectivity index (χ1v) is 10.00. The van der Waals surface area contributed by atoms with Crippen molar-refractivity contribution in [3.63, 3.8) is 0 Å². The molecule has 10 heteroatoms. The van der Waals surface area contributed by atoms with Crippen molar-refractivity contribution in [2.75, 3.05) is 18.4 Å². The molecule has 1 aromatic carbocycles. The van der Waals surface area contributed by atoms with E-state index in [1.165, 1.54) is 30.6 Å². The van der Waals surface area contributed by atoms with Gasteiger partial charge in [0.25, 0.3) is 11.8 Å². The fourth-order valence-electron chi connectivity index (χ4n) is 3.66. The summed E-state index contributed by atoms with van der Waals surface area (Å²) in [6.45, 7) is 0.482. The lowest BCUT2D eigenvalue weighted by molar-refractivity contribution is -0.133. The Balaban J connectivity index is 1.65. The average Bonchev–Trinajstić information content (AvgIpc) is 3.08. The fraction of sp³-hybridized carbons (Fsp3) is 0.364. The molecule has 1 atom stereocenters. The number of alkyl halides is 2. The van der Waals surface area contributed by atoms with E-state index < -0.39 is 42.8 Å². The van der Waals surface area contributed by atoms with Crippen molar-refractivity contribution in [1.82, 2.24) is 15.2 Å². The first-order chi connectivity index (χ1) is 15.2. The first kappa shape index (κ1) is 23.1. The molecule has 0 saturated carbocycles. The standard InChI is InChI=1S/C22H22F3N5O2/c1-2-21(13-26)12-22(24,25)14-30(21)19(31)11-29-20(32)17-7-8-27-10-18(17)28-9-15-3-5-16(23)6-4-15/h3-8,10,28H,2,9,11-12,14H2,1H3,(H,29,32). The van der Waals surface area contributed by atoms with Crippen LogP contribution in [0.25, 0.3) is 0 Å². The highest BCUT2D eigenvalue weighted by Gasteiger charge is 2.56. The molecule has 1 aliphatic heterocycles. The van der Waals surface area contributed by atoms with Crippen LogP contribution in [-0.4, -0.2) is 46.2 Å². The molecule has 2 heterocycles. The van der Waals surface area contributed by atoms with Crippen LogP contribution < -0.4 is 10.6 Å². The van der Waals surface area contributed by atoms with E-state index in [0.717, 1.165) is 10.5 Å². The number of pyridine rings is 1. The van der Waals surface area contributed by atoms with Gasteiger partial charge in [-0.25, -0.2) is 13.2 Å². The smallest absolute Gasteiger partial charge is 0.268 e. The topological polar surface area (TPSA) is 98.1 Å². The number of benzene rings is 1. The number of aromatic nitrogens is 1. The number of rotatable bonds is 7. The van der Waals surface area contributed by atoms with Crippen LogP contribution in [0.15, 0.2) is 42.7 Å². The van der Waals surface area contributed by atoms with Gasteiger partial charge < -0.3 is 15.5 Å². The van der Waals surface area contributed by atoms with Crippen molar-refractivity contribution < 1.29 is 22.8 Å². The van der Waals surface area contributed by atoms with Crippen molar-refractivity contribution in [2.45, 2.75) is 37.8 Å². The molecule has 1 fully saturated rings. The summed E-state index contributed by atoms with van der Waals surface area (Å²) >= 11 is 0. The number of nitrogens with zero attached hydrogens (tertiary/aromatic N) is 3. The van der Waals surface area contributed by atoms with E-state index in [1.807, 2.05) is 6.07 Å². The Morgan fingerprint density at radius 3 is 2.62 bits per heavy atom. The Labute approximate surface area is 183 Å². The molecule has 2 aromatic rings. The van der Waals surface area contributed by atoms with Crippen molar-refractivity contribution in [3.8, 4) is 6.07 Å². The summed E-state index contributed by atoms with van der Waals surface area (Å²) in [7, 11) is 0. The second kappa shape index (κ2) is 9.26. The van der Waals surface area contributed by atoms with Crippen LogP contribution in [0, 0.1) is 17.1 Å². The van der Waals surface area contributed by atoms with E-state index in [2.05, 4.69) is 15.6 Å². The molecule has 2 N–H and O–H groups in total. The second-order valence-electron chi connectivity index (χ2n) is 7.59. The van der Waals surface area contributed by atoms with Gasteiger partial charge in [0, 0.05) is 19.2 Å². The third-order valence-electron chi connectivity index (χ3n) is 5.41. The lowest BCUT2D eigenvalue weighted by Crippen LogP contribution is -2.49. The van der Waals surface area contributed by atoms with Gasteiger partial charge in [0.1, 0.15) is 11.4 Å². The van der Waals surface area contributed by atoms with Crippen LogP contribution >= 0.6 is 0 Å². The minimum atomic E-state index is -3.16.